The van der Waals surface area contributed by atoms with E-state index in [0.29, 0.717) is 5.56 Å². The Morgan fingerprint density at radius 3 is 2.35 bits per heavy atom. The Kier molecular flexibility index (Phi) is 8.80. The van der Waals surface area contributed by atoms with Crippen molar-refractivity contribution in [3.8, 4) is 11.1 Å². The van der Waals surface area contributed by atoms with E-state index in [1.807, 2.05) is 30.3 Å². The van der Waals surface area contributed by atoms with Crippen molar-refractivity contribution in [1.82, 2.24) is 9.80 Å². The average Bonchev–Trinajstić information content (AvgIpc) is 2.87. The zero-order chi connectivity index (χ0) is 26.4. The average molecular weight is 497 g/mol. The van der Waals surface area contributed by atoms with E-state index in [2.05, 4.69) is 91.4 Å². The van der Waals surface area contributed by atoms with Crippen LogP contribution in [0.4, 0.5) is 11.4 Å². The van der Waals surface area contributed by atoms with Crippen LogP contribution in [0.15, 0.2) is 66.7 Å². The van der Waals surface area contributed by atoms with Crippen molar-refractivity contribution in [2.75, 3.05) is 70.6 Å². The molecule has 0 saturated carbocycles. The summed E-state index contributed by atoms with van der Waals surface area (Å²) >= 11 is 0. The van der Waals surface area contributed by atoms with Gasteiger partial charge in [0.1, 0.15) is 0 Å². The molecule has 0 amide bonds. The molecule has 0 atom stereocenters. The first-order chi connectivity index (χ1) is 17.8. The number of rotatable bonds is 9. The molecule has 1 aliphatic heterocycles. The number of anilines is 2. The van der Waals surface area contributed by atoms with Crippen LogP contribution in [0, 0.1) is 13.8 Å². The predicted molar refractivity (Wildman–Crippen MR) is 158 cm³/mol. The van der Waals surface area contributed by atoms with Gasteiger partial charge in [-0.1, -0.05) is 47.5 Å². The third kappa shape index (κ3) is 7.31. The van der Waals surface area contributed by atoms with Gasteiger partial charge in [-0.2, -0.15) is 0 Å². The van der Waals surface area contributed by atoms with Crippen molar-refractivity contribution < 1.29 is 4.79 Å². The van der Waals surface area contributed by atoms with Gasteiger partial charge in [0.15, 0.2) is 5.78 Å². The summed E-state index contributed by atoms with van der Waals surface area (Å²) in [6.45, 7) is 10.1. The molecule has 0 aromatic heterocycles. The standard InChI is InChI=1S/C32H40N4O/c1-24-19-25(2)21-29(20-24)26-9-11-31(36-17-15-35(5)16-18-36)27(22-26)10-12-32(37)28-7-6-8-30(23-28)33-13-14-34(3)4/h6-12,19-23,33H,13-18H2,1-5H3/b12-10+. The second-order valence-corrected chi connectivity index (χ2v) is 10.4. The summed E-state index contributed by atoms with van der Waals surface area (Å²) in [6, 6.07) is 21.1. The molecule has 1 N–H and O–H groups in total. The lowest BCUT2D eigenvalue weighted by Crippen LogP contribution is -2.44. The summed E-state index contributed by atoms with van der Waals surface area (Å²) < 4.78 is 0. The minimum atomic E-state index is 0.0115. The van der Waals surface area contributed by atoms with E-state index in [1.165, 1.54) is 27.9 Å². The van der Waals surface area contributed by atoms with Crippen LogP contribution in [0.1, 0.15) is 27.0 Å². The number of hydrogen-bond acceptors (Lipinski definition) is 5. The van der Waals surface area contributed by atoms with E-state index in [9.17, 15) is 4.79 Å². The number of nitrogens with one attached hydrogen (secondary N) is 1. The van der Waals surface area contributed by atoms with Gasteiger partial charge in [0, 0.05) is 56.2 Å². The fraction of sp³-hybridized carbons (Fsp3) is 0.344. The van der Waals surface area contributed by atoms with Gasteiger partial charge >= 0.3 is 0 Å². The highest BCUT2D eigenvalue weighted by Crippen LogP contribution is 2.30. The molecule has 0 unspecified atom stereocenters. The molecule has 3 aromatic carbocycles. The number of nitrogens with zero attached hydrogens (tertiary/aromatic N) is 3. The Hall–Kier alpha value is -3.41. The first-order valence-electron chi connectivity index (χ1n) is 13.2. The maximum absolute atomic E-state index is 13.2. The van der Waals surface area contributed by atoms with Gasteiger partial charge in [0.05, 0.1) is 0 Å². The molecule has 0 radical (unpaired) electrons. The van der Waals surface area contributed by atoms with Crippen molar-refractivity contribution in [2.45, 2.75) is 13.8 Å². The van der Waals surface area contributed by atoms with E-state index < -0.39 is 0 Å². The number of likely N-dealkylation sites (N-methyl/N-ethyl adjacent to an activating group) is 2. The van der Waals surface area contributed by atoms with Crippen LogP contribution in [0.2, 0.25) is 0 Å². The molecule has 0 bridgehead atoms. The summed E-state index contributed by atoms with van der Waals surface area (Å²) in [7, 11) is 6.28. The number of hydrogen-bond donors (Lipinski definition) is 1. The van der Waals surface area contributed by atoms with E-state index in [1.54, 1.807) is 6.08 Å². The van der Waals surface area contributed by atoms with Crippen LogP contribution in [0.3, 0.4) is 0 Å². The Morgan fingerprint density at radius 1 is 0.919 bits per heavy atom. The van der Waals surface area contributed by atoms with Crippen molar-refractivity contribution in [3.05, 3.63) is 89.0 Å². The van der Waals surface area contributed by atoms with Crippen molar-refractivity contribution >= 4 is 23.2 Å². The highest BCUT2D eigenvalue weighted by molar-refractivity contribution is 6.07. The second-order valence-electron chi connectivity index (χ2n) is 10.4. The summed E-state index contributed by atoms with van der Waals surface area (Å²) in [5.41, 5.74) is 8.81. The lowest BCUT2D eigenvalue weighted by Gasteiger charge is -2.35. The predicted octanol–water partition coefficient (Wildman–Crippen LogP) is 5.59. The highest BCUT2D eigenvalue weighted by Gasteiger charge is 2.17. The molecule has 37 heavy (non-hydrogen) atoms. The molecule has 3 aromatic rings. The van der Waals surface area contributed by atoms with Crippen LogP contribution in [-0.4, -0.2) is 76.0 Å². The lowest BCUT2D eigenvalue weighted by atomic mass is 9.97. The normalized spacial score (nSPS) is 14.5. The summed E-state index contributed by atoms with van der Waals surface area (Å²) in [4.78, 5) is 20.1. The minimum absolute atomic E-state index is 0.0115. The topological polar surface area (TPSA) is 38.8 Å². The van der Waals surface area contributed by atoms with Crippen LogP contribution in [-0.2, 0) is 0 Å². The third-order valence-electron chi connectivity index (χ3n) is 6.88. The highest BCUT2D eigenvalue weighted by atomic mass is 16.1. The van der Waals surface area contributed by atoms with Crippen molar-refractivity contribution in [1.29, 1.82) is 0 Å². The monoisotopic (exact) mass is 496 g/mol. The minimum Gasteiger partial charge on any atom is -0.384 e. The fourth-order valence-electron chi connectivity index (χ4n) is 4.81. The van der Waals surface area contributed by atoms with Gasteiger partial charge in [0.2, 0.25) is 0 Å². The van der Waals surface area contributed by atoms with Gasteiger partial charge in [-0.05, 0) is 88.1 Å². The second kappa shape index (κ2) is 12.2. The van der Waals surface area contributed by atoms with Gasteiger partial charge in [-0.3, -0.25) is 4.79 Å². The van der Waals surface area contributed by atoms with Crippen molar-refractivity contribution in [2.24, 2.45) is 0 Å². The molecule has 4 rings (SSSR count). The number of carbonyl (C=O) groups is 1. The van der Waals surface area contributed by atoms with Crippen LogP contribution >= 0.6 is 0 Å². The Labute approximate surface area is 222 Å². The van der Waals surface area contributed by atoms with E-state index in [0.717, 1.165) is 50.5 Å². The zero-order valence-electron chi connectivity index (χ0n) is 22.9. The number of benzene rings is 3. The SMILES string of the molecule is Cc1cc(C)cc(-c2ccc(N3CCN(C)CC3)c(/C=C/C(=O)c3cccc(NCCN(C)C)c3)c2)c1. The first-order valence-corrected chi connectivity index (χ1v) is 13.2. The maximum atomic E-state index is 13.2. The number of piperazine rings is 1. The molecule has 1 aliphatic rings. The molecule has 1 heterocycles. The fourth-order valence-corrected chi connectivity index (χ4v) is 4.81. The van der Waals surface area contributed by atoms with Gasteiger partial charge < -0.3 is 20.0 Å². The van der Waals surface area contributed by atoms with Gasteiger partial charge in [0.25, 0.3) is 0 Å². The molecule has 0 spiro atoms. The smallest absolute Gasteiger partial charge is 0.185 e. The third-order valence-corrected chi connectivity index (χ3v) is 6.88. The molecule has 194 valence electrons. The quantitative estimate of drug-likeness (QED) is 0.309. The molecule has 1 fully saturated rings. The Balaban J connectivity index is 1.61. The van der Waals surface area contributed by atoms with E-state index >= 15 is 0 Å². The summed E-state index contributed by atoms with van der Waals surface area (Å²) in [6.07, 6.45) is 3.72. The summed E-state index contributed by atoms with van der Waals surface area (Å²) in [5.74, 6) is 0.0115. The molecule has 5 nitrogen and oxygen atoms in total. The first kappa shape index (κ1) is 26.6. The zero-order valence-corrected chi connectivity index (χ0v) is 22.9. The number of aryl methyl sites for hydroxylation is 2. The Morgan fingerprint density at radius 2 is 1.65 bits per heavy atom. The van der Waals surface area contributed by atoms with E-state index in [-0.39, 0.29) is 5.78 Å². The summed E-state index contributed by atoms with van der Waals surface area (Å²) in [5, 5.41) is 3.41. The number of ketones is 1. The van der Waals surface area contributed by atoms with Crippen molar-refractivity contribution in [3.63, 3.8) is 0 Å². The van der Waals surface area contributed by atoms with E-state index in [4.69, 9.17) is 0 Å². The Bertz CT molecular complexity index is 1240. The largest absolute Gasteiger partial charge is 0.384 e. The van der Waals surface area contributed by atoms with Gasteiger partial charge in [-0.15, -0.1) is 0 Å². The number of allylic oxidation sites excluding steroid dienone is 1. The van der Waals surface area contributed by atoms with Crippen LogP contribution < -0.4 is 10.2 Å². The van der Waals surface area contributed by atoms with Crippen LogP contribution in [0.5, 0.6) is 0 Å². The lowest BCUT2D eigenvalue weighted by molar-refractivity contribution is 0.104. The molecule has 5 heteroatoms. The van der Waals surface area contributed by atoms with Gasteiger partial charge in [-0.25, -0.2) is 0 Å². The molecule has 0 aliphatic carbocycles. The van der Waals surface area contributed by atoms with Crippen LogP contribution in [0.25, 0.3) is 17.2 Å². The molecular formula is C32H40N4O. The maximum Gasteiger partial charge on any atom is 0.185 e. The molecular weight excluding hydrogens is 456 g/mol. The number of carbonyl (C=O) groups excluding carboxylic acids is 1. The molecule has 1 saturated heterocycles.